The summed E-state index contributed by atoms with van der Waals surface area (Å²) in [5.41, 5.74) is 0. The molecule has 0 aromatic rings. The minimum atomic E-state index is -0.903. The van der Waals surface area contributed by atoms with Crippen molar-refractivity contribution in [2.45, 2.75) is 6.10 Å². The molecule has 0 fully saturated rings. The molecule has 0 heterocycles. The molecule has 0 atom stereocenters. The lowest BCUT2D eigenvalue weighted by Gasteiger charge is -1.88. The zero-order chi connectivity index (χ0) is 5.70. The van der Waals surface area contributed by atoms with Crippen molar-refractivity contribution in [2.24, 2.45) is 0 Å². The van der Waals surface area contributed by atoms with Crippen LogP contribution in [0.15, 0.2) is 0 Å². The maximum atomic E-state index is 7.93. The smallest absolute Gasteiger partial charge is 0.230 e. The van der Waals surface area contributed by atoms with E-state index in [9.17, 15) is 0 Å². The molecule has 0 radical (unpaired) electrons. The van der Waals surface area contributed by atoms with Crippen LogP contribution in [0.3, 0.4) is 0 Å². The fraction of sp³-hybridized carbons (Fsp3) is 0.500. The van der Waals surface area contributed by atoms with E-state index in [1.807, 2.05) is 0 Å². The molecule has 0 N–H and O–H groups in total. The van der Waals surface area contributed by atoms with E-state index in [0.717, 1.165) is 0 Å². The average molecular weight is 96.1 g/mol. The summed E-state index contributed by atoms with van der Waals surface area (Å²) >= 11 is 0. The van der Waals surface area contributed by atoms with Gasteiger partial charge in [0.1, 0.15) is 12.1 Å². The first-order chi connectivity index (χ1) is 3.35. The largest absolute Gasteiger partial charge is 0.354 e. The SMILES string of the molecule is COC(C#N)C#N. The molecule has 0 spiro atoms. The molecular weight excluding hydrogens is 92.1 g/mol. The van der Waals surface area contributed by atoms with Gasteiger partial charge in [0.25, 0.3) is 0 Å². The molecule has 0 aliphatic rings. The van der Waals surface area contributed by atoms with Crippen molar-refractivity contribution >= 4 is 0 Å². The average Bonchev–Trinajstić information content (AvgIpc) is 1.72. The molecular formula is C4H4N2O. The van der Waals surface area contributed by atoms with E-state index in [2.05, 4.69) is 4.74 Å². The molecule has 3 heteroatoms. The minimum absolute atomic E-state index is 0.903. The molecule has 0 unspecified atom stereocenters. The van der Waals surface area contributed by atoms with Crippen molar-refractivity contribution in [3.63, 3.8) is 0 Å². The zero-order valence-corrected chi connectivity index (χ0v) is 3.88. The standard InChI is InChI=1S/C4H4N2O/c1-7-4(2-5)3-6/h4H,1H3. The Balaban J connectivity index is 3.50. The maximum Gasteiger partial charge on any atom is 0.230 e. The van der Waals surface area contributed by atoms with Gasteiger partial charge in [-0.2, -0.15) is 10.5 Å². The van der Waals surface area contributed by atoms with Crippen LogP contribution >= 0.6 is 0 Å². The second-order valence-corrected chi connectivity index (χ2v) is 0.874. The van der Waals surface area contributed by atoms with Crippen LogP contribution in [0.4, 0.5) is 0 Å². The topological polar surface area (TPSA) is 56.8 Å². The highest BCUT2D eigenvalue weighted by molar-refractivity contribution is 5.00. The summed E-state index contributed by atoms with van der Waals surface area (Å²) in [6.45, 7) is 0. The van der Waals surface area contributed by atoms with Gasteiger partial charge in [-0.3, -0.25) is 0 Å². The second kappa shape index (κ2) is 3.14. The van der Waals surface area contributed by atoms with Gasteiger partial charge in [0.2, 0.25) is 6.10 Å². The summed E-state index contributed by atoms with van der Waals surface area (Å²) < 4.78 is 4.33. The van der Waals surface area contributed by atoms with E-state index < -0.39 is 6.10 Å². The normalized spacial score (nSPS) is 7.43. The van der Waals surface area contributed by atoms with Crippen molar-refractivity contribution in [3.05, 3.63) is 0 Å². The van der Waals surface area contributed by atoms with Crippen LogP contribution < -0.4 is 0 Å². The summed E-state index contributed by atoms with van der Waals surface area (Å²) in [4.78, 5) is 0. The summed E-state index contributed by atoms with van der Waals surface area (Å²) in [6.07, 6.45) is -0.903. The molecule has 0 saturated carbocycles. The first-order valence-corrected chi connectivity index (χ1v) is 1.67. The molecule has 0 rings (SSSR count). The van der Waals surface area contributed by atoms with Gasteiger partial charge in [-0.1, -0.05) is 0 Å². The Labute approximate surface area is 41.7 Å². The number of hydrogen-bond acceptors (Lipinski definition) is 3. The Bertz CT molecular complexity index is 105. The van der Waals surface area contributed by atoms with Crippen LogP contribution in [-0.4, -0.2) is 13.2 Å². The van der Waals surface area contributed by atoms with Gasteiger partial charge >= 0.3 is 0 Å². The van der Waals surface area contributed by atoms with Crippen molar-refractivity contribution in [3.8, 4) is 12.1 Å². The molecule has 0 amide bonds. The van der Waals surface area contributed by atoms with Gasteiger partial charge in [0.05, 0.1) is 0 Å². The van der Waals surface area contributed by atoms with Crippen LogP contribution in [0.1, 0.15) is 0 Å². The lowest BCUT2D eigenvalue weighted by molar-refractivity contribution is 0.188. The second-order valence-electron chi connectivity index (χ2n) is 0.874. The number of ether oxygens (including phenoxy) is 1. The summed E-state index contributed by atoms with van der Waals surface area (Å²) in [6, 6.07) is 3.24. The molecule has 0 saturated heterocycles. The Kier molecular flexibility index (Phi) is 2.67. The Morgan fingerprint density at radius 3 is 1.86 bits per heavy atom. The summed E-state index contributed by atoms with van der Waals surface area (Å²) in [5, 5.41) is 15.9. The number of rotatable bonds is 1. The highest BCUT2D eigenvalue weighted by atomic mass is 16.5. The maximum absolute atomic E-state index is 7.93. The summed E-state index contributed by atoms with van der Waals surface area (Å²) in [7, 11) is 1.32. The fourth-order valence-electron chi connectivity index (χ4n) is 0.134. The van der Waals surface area contributed by atoms with Crippen LogP contribution in [0.5, 0.6) is 0 Å². The Morgan fingerprint density at radius 2 is 1.86 bits per heavy atom. The quantitative estimate of drug-likeness (QED) is 0.463. The predicted molar refractivity (Wildman–Crippen MR) is 22.0 cm³/mol. The molecule has 0 aromatic carbocycles. The van der Waals surface area contributed by atoms with Crippen LogP contribution in [0.25, 0.3) is 0 Å². The molecule has 7 heavy (non-hydrogen) atoms. The molecule has 0 bridgehead atoms. The van der Waals surface area contributed by atoms with Crippen molar-refractivity contribution < 1.29 is 4.74 Å². The van der Waals surface area contributed by atoms with E-state index in [1.54, 1.807) is 12.1 Å². The molecule has 0 aromatic heterocycles. The van der Waals surface area contributed by atoms with Gasteiger partial charge in [-0.15, -0.1) is 0 Å². The lowest BCUT2D eigenvalue weighted by atomic mass is 10.4. The lowest BCUT2D eigenvalue weighted by Crippen LogP contribution is -2.01. The van der Waals surface area contributed by atoms with E-state index in [0.29, 0.717) is 0 Å². The summed E-state index contributed by atoms with van der Waals surface area (Å²) in [5.74, 6) is 0. The number of methoxy groups -OCH3 is 1. The molecule has 0 aliphatic heterocycles. The fourth-order valence-corrected chi connectivity index (χ4v) is 0.134. The van der Waals surface area contributed by atoms with Gasteiger partial charge in [-0.05, 0) is 0 Å². The Morgan fingerprint density at radius 1 is 1.43 bits per heavy atom. The van der Waals surface area contributed by atoms with Gasteiger partial charge in [-0.25, -0.2) is 0 Å². The molecule has 0 aliphatic carbocycles. The van der Waals surface area contributed by atoms with Crippen LogP contribution in [-0.2, 0) is 4.74 Å². The predicted octanol–water partition coefficient (Wildman–Crippen LogP) is 0.0486. The van der Waals surface area contributed by atoms with Gasteiger partial charge in [0.15, 0.2) is 0 Å². The minimum Gasteiger partial charge on any atom is -0.354 e. The highest BCUT2D eigenvalue weighted by Crippen LogP contribution is 1.79. The van der Waals surface area contributed by atoms with Gasteiger partial charge in [0, 0.05) is 7.11 Å². The van der Waals surface area contributed by atoms with E-state index in [-0.39, 0.29) is 0 Å². The van der Waals surface area contributed by atoms with Crippen LogP contribution in [0, 0.1) is 22.7 Å². The molecule has 3 nitrogen and oxygen atoms in total. The Hall–Kier alpha value is -1.06. The van der Waals surface area contributed by atoms with E-state index in [1.165, 1.54) is 7.11 Å². The highest BCUT2D eigenvalue weighted by Gasteiger charge is 1.97. The van der Waals surface area contributed by atoms with Crippen molar-refractivity contribution in [1.29, 1.82) is 10.5 Å². The first-order valence-electron chi connectivity index (χ1n) is 1.67. The first kappa shape index (κ1) is 5.94. The van der Waals surface area contributed by atoms with E-state index in [4.69, 9.17) is 10.5 Å². The monoisotopic (exact) mass is 96.0 g/mol. The van der Waals surface area contributed by atoms with Crippen molar-refractivity contribution in [1.82, 2.24) is 0 Å². The van der Waals surface area contributed by atoms with E-state index >= 15 is 0 Å². The van der Waals surface area contributed by atoms with Crippen LogP contribution in [0.2, 0.25) is 0 Å². The van der Waals surface area contributed by atoms with Crippen molar-refractivity contribution in [2.75, 3.05) is 7.11 Å². The third-order valence-corrected chi connectivity index (χ3v) is 0.470. The third-order valence-electron chi connectivity index (χ3n) is 0.470. The third kappa shape index (κ3) is 1.75. The number of hydrogen-bond donors (Lipinski definition) is 0. The van der Waals surface area contributed by atoms with Gasteiger partial charge < -0.3 is 4.74 Å². The number of nitrogens with zero attached hydrogens (tertiary/aromatic N) is 2. The zero-order valence-electron chi connectivity index (χ0n) is 3.88. The molecule has 36 valence electrons. The number of nitriles is 2.